The van der Waals surface area contributed by atoms with Crippen LogP contribution in [0.5, 0.6) is 5.75 Å². The van der Waals surface area contributed by atoms with Crippen molar-refractivity contribution in [3.63, 3.8) is 0 Å². The number of aromatic nitrogens is 1. The van der Waals surface area contributed by atoms with Crippen molar-refractivity contribution in [3.8, 4) is 28.1 Å². The lowest BCUT2D eigenvalue weighted by Gasteiger charge is -2.20. The molecule has 1 atom stereocenters. The molecule has 3 aromatic rings. The molecule has 0 aliphatic carbocycles. The van der Waals surface area contributed by atoms with Gasteiger partial charge in [0.05, 0.1) is 10.7 Å². The second kappa shape index (κ2) is 9.02. The van der Waals surface area contributed by atoms with Gasteiger partial charge in [-0.05, 0) is 74.8 Å². The number of nitrogens with one attached hydrogen (secondary N) is 1. The van der Waals surface area contributed by atoms with E-state index in [0.717, 1.165) is 19.5 Å². The van der Waals surface area contributed by atoms with Gasteiger partial charge in [0.15, 0.2) is 0 Å². The van der Waals surface area contributed by atoms with E-state index < -0.39 is 5.82 Å². The maximum atomic E-state index is 14.6. The Bertz CT molecular complexity index is 1020. The molecule has 1 fully saturated rings. The van der Waals surface area contributed by atoms with Crippen LogP contribution in [0.3, 0.4) is 0 Å². The summed E-state index contributed by atoms with van der Waals surface area (Å²) in [5.41, 5.74) is 2.10. The zero-order chi connectivity index (χ0) is 21.1. The SMILES string of the molecule is CN1CCCC1CCNc1cc(-c2c(F)cccc2Cl)cc(-c2ccccc2O)n1. The Balaban J connectivity index is 1.68. The number of phenols is 1. The highest BCUT2D eigenvalue weighted by Gasteiger charge is 2.20. The summed E-state index contributed by atoms with van der Waals surface area (Å²) in [6.45, 7) is 1.90. The van der Waals surface area contributed by atoms with Crippen LogP contribution in [-0.4, -0.2) is 41.2 Å². The number of hydrogen-bond acceptors (Lipinski definition) is 4. The molecule has 0 bridgehead atoms. The first kappa shape index (κ1) is 20.6. The fourth-order valence-electron chi connectivity index (χ4n) is 4.08. The Morgan fingerprint density at radius 2 is 2.03 bits per heavy atom. The minimum absolute atomic E-state index is 0.125. The molecule has 1 saturated heterocycles. The molecular formula is C24H25ClFN3O. The first-order chi connectivity index (χ1) is 14.5. The first-order valence-electron chi connectivity index (χ1n) is 10.2. The number of halogens is 2. The number of phenolic OH excluding ortho intramolecular Hbond substituents is 1. The highest BCUT2D eigenvalue weighted by Crippen LogP contribution is 2.36. The lowest BCUT2D eigenvalue weighted by atomic mass is 10.0. The number of para-hydroxylation sites is 1. The van der Waals surface area contributed by atoms with Crippen molar-refractivity contribution in [1.29, 1.82) is 0 Å². The smallest absolute Gasteiger partial charge is 0.132 e. The van der Waals surface area contributed by atoms with Gasteiger partial charge >= 0.3 is 0 Å². The Morgan fingerprint density at radius 1 is 1.20 bits per heavy atom. The fraction of sp³-hybridized carbons (Fsp3) is 0.292. The van der Waals surface area contributed by atoms with Crippen LogP contribution in [0.15, 0.2) is 54.6 Å². The van der Waals surface area contributed by atoms with Gasteiger partial charge in [0, 0.05) is 23.7 Å². The molecule has 1 aliphatic heterocycles. The first-order valence-corrected chi connectivity index (χ1v) is 10.6. The molecule has 4 nitrogen and oxygen atoms in total. The predicted molar refractivity (Wildman–Crippen MR) is 121 cm³/mol. The van der Waals surface area contributed by atoms with Crippen molar-refractivity contribution >= 4 is 17.4 Å². The van der Waals surface area contributed by atoms with Gasteiger partial charge in [-0.2, -0.15) is 0 Å². The average molecular weight is 426 g/mol. The van der Waals surface area contributed by atoms with Crippen LogP contribution in [-0.2, 0) is 0 Å². The molecule has 0 spiro atoms. The van der Waals surface area contributed by atoms with Crippen LogP contribution < -0.4 is 5.32 Å². The number of likely N-dealkylation sites (tertiary alicyclic amines) is 1. The molecule has 30 heavy (non-hydrogen) atoms. The summed E-state index contributed by atoms with van der Waals surface area (Å²) in [4.78, 5) is 7.07. The highest BCUT2D eigenvalue weighted by molar-refractivity contribution is 6.33. The van der Waals surface area contributed by atoms with Crippen LogP contribution in [0.25, 0.3) is 22.4 Å². The van der Waals surface area contributed by atoms with Gasteiger partial charge in [-0.15, -0.1) is 0 Å². The molecule has 2 N–H and O–H groups in total. The largest absolute Gasteiger partial charge is 0.507 e. The number of rotatable bonds is 6. The molecular weight excluding hydrogens is 401 g/mol. The third-order valence-corrected chi connectivity index (χ3v) is 6.03. The van der Waals surface area contributed by atoms with Crippen molar-refractivity contribution < 1.29 is 9.50 Å². The van der Waals surface area contributed by atoms with E-state index in [4.69, 9.17) is 11.6 Å². The van der Waals surface area contributed by atoms with Gasteiger partial charge in [-0.25, -0.2) is 9.37 Å². The van der Waals surface area contributed by atoms with E-state index in [0.29, 0.717) is 39.3 Å². The van der Waals surface area contributed by atoms with Gasteiger partial charge in [-0.3, -0.25) is 0 Å². The molecule has 1 aliphatic rings. The molecule has 156 valence electrons. The maximum Gasteiger partial charge on any atom is 0.132 e. The van der Waals surface area contributed by atoms with Crippen molar-refractivity contribution in [2.24, 2.45) is 0 Å². The molecule has 0 amide bonds. The number of anilines is 1. The fourth-order valence-corrected chi connectivity index (χ4v) is 4.35. The average Bonchev–Trinajstić information content (AvgIpc) is 3.13. The number of benzene rings is 2. The van der Waals surface area contributed by atoms with E-state index >= 15 is 0 Å². The second-order valence-electron chi connectivity index (χ2n) is 7.73. The van der Waals surface area contributed by atoms with E-state index in [1.54, 1.807) is 36.4 Å². The van der Waals surface area contributed by atoms with Crippen LogP contribution in [0, 0.1) is 5.82 Å². The van der Waals surface area contributed by atoms with E-state index in [9.17, 15) is 9.50 Å². The van der Waals surface area contributed by atoms with Gasteiger partial charge in [0.2, 0.25) is 0 Å². The summed E-state index contributed by atoms with van der Waals surface area (Å²) in [5.74, 6) is 0.362. The summed E-state index contributed by atoms with van der Waals surface area (Å²) >= 11 is 6.32. The minimum atomic E-state index is -0.393. The summed E-state index contributed by atoms with van der Waals surface area (Å²) in [7, 11) is 2.16. The molecule has 0 saturated carbocycles. The van der Waals surface area contributed by atoms with Crippen LogP contribution in [0.1, 0.15) is 19.3 Å². The molecule has 1 unspecified atom stereocenters. The summed E-state index contributed by atoms with van der Waals surface area (Å²) in [6.07, 6.45) is 3.45. The summed E-state index contributed by atoms with van der Waals surface area (Å²) < 4.78 is 14.6. The Kier molecular flexibility index (Phi) is 6.21. The molecule has 1 aromatic heterocycles. The zero-order valence-electron chi connectivity index (χ0n) is 16.9. The minimum Gasteiger partial charge on any atom is -0.507 e. The summed E-state index contributed by atoms with van der Waals surface area (Å²) in [5, 5.41) is 14.0. The number of aromatic hydroxyl groups is 1. The van der Waals surface area contributed by atoms with Gasteiger partial charge in [0.25, 0.3) is 0 Å². The standard InChI is InChI=1S/C24H25ClFN3O/c1-29-13-5-6-17(29)11-12-27-23-15-16(24-19(25)8-4-9-20(24)26)14-21(28-23)18-7-2-3-10-22(18)30/h2-4,7-10,14-15,17,30H,5-6,11-13H2,1H3,(H,27,28). The molecule has 6 heteroatoms. The predicted octanol–water partition coefficient (Wildman–Crippen LogP) is 5.81. The molecule has 2 heterocycles. The number of pyridine rings is 1. The number of nitrogens with zero attached hydrogens (tertiary/aromatic N) is 2. The monoisotopic (exact) mass is 425 g/mol. The topological polar surface area (TPSA) is 48.4 Å². The Morgan fingerprint density at radius 3 is 2.77 bits per heavy atom. The Labute approximate surface area is 181 Å². The van der Waals surface area contributed by atoms with Gasteiger partial charge in [-0.1, -0.05) is 29.8 Å². The third-order valence-electron chi connectivity index (χ3n) is 5.71. The lowest BCUT2D eigenvalue weighted by Crippen LogP contribution is -2.27. The highest BCUT2D eigenvalue weighted by atomic mass is 35.5. The molecule has 4 rings (SSSR count). The molecule has 0 radical (unpaired) electrons. The van der Waals surface area contributed by atoms with Crippen molar-refractivity contribution in [2.45, 2.75) is 25.3 Å². The zero-order valence-corrected chi connectivity index (χ0v) is 17.7. The van der Waals surface area contributed by atoms with Crippen LogP contribution in [0.4, 0.5) is 10.2 Å². The van der Waals surface area contributed by atoms with E-state index in [2.05, 4.69) is 22.2 Å². The maximum absolute atomic E-state index is 14.6. The third kappa shape index (κ3) is 4.42. The normalized spacial score (nSPS) is 16.7. The van der Waals surface area contributed by atoms with Crippen LogP contribution in [0.2, 0.25) is 5.02 Å². The Hall–Kier alpha value is -2.63. The second-order valence-corrected chi connectivity index (χ2v) is 8.14. The van der Waals surface area contributed by atoms with Gasteiger partial charge < -0.3 is 15.3 Å². The van der Waals surface area contributed by atoms with E-state index in [1.807, 2.05) is 12.1 Å². The number of hydrogen-bond donors (Lipinski definition) is 2. The van der Waals surface area contributed by atoms with E-state index in [-0.39, 0.29) is 5.75 Å². The van der Waals surface area contributed by atoms with E-state index in [1.165, 1.54) is 18.9 Å². The molecule has 2 aromatic carbocycles. The lowest BCUT2D eigenvalue weighted by molar-refractivity contribution is 0.301. The summed E-state index contributed by atoms with van der Waals surface area (Å²) in [6, 6.07) is 15.8. The van der Waals surface area contributed by atoms with Crippen LogP contribution >= 0.6 is 11.6 Å². The van der Waals surface area contributed by atoms with Crippen molar-refractivity contribution in [3.05, 3.63) is 65.4 Å². The van der Waals surface area contributed by atoms with Crippen molar-refractivity contribution in [1.82, 2.24) is 9.88 Å². The van der Waals surface area contributed by atoms with Crippen molar-refractivity contribution in [2.75, 3.05) is 25.5 Å². The quantitative estimate of drug-likeness (QED) is 0.523. The van der Waals surface area contributed by atoms with Gasteiger partial charge in [0.1, 0.15) is 17.4 Å².